The van der Waals surface area contributed by atoms with Crippen LogP contribution >= 0.6 is 0 Å². The average Bonchev–Trinajstić information content (AvgIpc) is 3.01. The van der Waals surface area contributed by atoms with Gasteiger partial charge in [-0.1, -0.05) is 26.0 Å². The monoisotopic (exact) mass is 359 g/mol. The van der Waals surface area contributed by atoms with E-state index in [0.717, 1.165) is 29.3 Å². The molecule has 138 valence electrons. The Kier molecular flexibility index (Phi) is 4.44. The van der Waals surface area contributed by atoms with E-state index in [4.69, 9.17) is 0 Å². The van der Waals surface area contributed by atoms with Crippen molar-refractivity contribution in [2.45, 2.75) is 25.8 Å². The van der Waals surface area contributed by atoms with Crippen molar-refractivity contribution in [3.8, 4) is 0 Å². The third-order valence-electron chi connectivity index (χ3n) is 5.19. The van der Waals surface area contributed by atoms with Crippen molar-refractivity contribution in [3.63, 3.8) is 0 Å². The standard InChI is InChI=1S/C22H25N5/c1-22(2)15-26-20-13-17(6-7-19(20)22)25-14-16-5-4-10-24-21(16)27(3)18-8-11-23-12-9-18/h4-13,25-26H,14-15H2,1-3H3. The van der Waals surface area contributed by atoms with Crippen LogP contribution in [0, 0.1) is 0 Å². The molecular formula is C22H25N5. The van der Waals surface area contributed by atoms with Crippen LogP contribution < -0.4 is 15.5 Å². The van der Waals surface area contributed by atoms with E-state index in [1.54, 1.807) is 12.4 Å². The highest BCUT2D eigenvalue weighted by atomic mass is 15.2. The van der Waals surface area contributed by atoms with Gasteiger partial charge >= 0.3 is 0 Å². The van der Waals surface area contributed by atoms with Gasteiger partial charge in [0.25, 0.3) is 0 Å². The van der Waals surface area contributed by atoms with Gasteiger partial charge in [-0.05, 0) is 35.9 Å². The molecule has 3 aromatic rings. The normalized spacial score (nSPS) is 14.3. The zero-order valence-corrected chi connectivity index (χ0v) is 16.0. The fourth-order valence-corrected chi connectivity index (χ4v) is 3.56. The molecule has 27 heavy (non-hydrogen) atoms. The van der Waals surface area contributed by atoms with Crippen molar-refractivity contribution < 1.29 is 0 Å². The lowest BCUT2D eigenvalue weighted by atomic mass is 9.87. The quantitative estimate of drug-likeness (QED) is 0.699. The first-order valence-corrected chi connectivity index (χ1v) is 9.24. The molecule has 0 atom stereocenters. The van der Waals surface area contributed by atoms with Crippen LogP contribution in [0.15, 0.2) is 61.1 Å². The van der Waals surface area contributed by atoms with E-state index >= 15 is 0 Å². The molecule has 1 aromatic carbocycles. The van der Waals surface area contributed by atoms with Crippen molar-refractivity contribution in [2.24, 2.45) is 0 Å². The number of benzene rings is 1. The SMILES string of the molecule is CN(c1ccncc1)c1ncccc1CNc1ccc2c(c1)NCC2(C)C. The smallest absolute Gasteiger partial charge is 0.137 e. The van der Waals surface area contributed by atoms with Gasteiger partial charge in [0.2, 0.25) is 0 Å². The fraction of sp³-hybridized carbons (Fsp3) is 0.273. The maximum atomic E-state index is 4.60. The Balaban J connectivity index is 1.53. The zero-order chi connectivity index (χ0) is 18.9. The Morgan fingerprint density at radius 3 is 2.74 bits per heavy atom. The first-order chi connectivity index (χ1) is 13.0. The minimum absolute atomic E-state index is 0.192. The first kappa shape index (κ1) is 17.3. The molecular weight excluding hydrogens is 334 g/mol. The second kappa shape index (κ2) is 6.91. The largest absolute Gasteiger partial charge is 0.384 e. The molecule has 1 aliphatic heterocycles. The van der Waals surface area contributed by atoms with Crippen LogP contribution in [0.25, 0.3) is 0 Å². The summed E-state index contributed by atoms with van der Waals surface area (Å²) in [7, 11) is 2.03. The Morgan fingerprint density at radius 2 is 1.93 bits per heavy atom. The van der Waals surface area contributed by atoms with Crippen molar-refractivity contribution in [3.05, 3.63) is 72.2 Å². The van der Waals surface area contributed by atoms with Crippen LogP contribution in [0.1, 0.15) is 25.0 Å². The van der Waals surface area contributed by atoms with Crippen molar-refractivity contribution >= 4 is 22.9 Å². The van der Waals surface area contributed by atoms with E-state index in [-0.39, 0.29) is 5.41 Å². The van der Waals surface area contributed by atoms with Gasteiger partial charge in [-0.15, -0.1) is 0 Å². The molecule has 0 unspecified atom stereocenters. The molecule has 0 amide bonds. The highest BCUT2D eigenvalue weighted by molar-refractivity contribution is 5.67. The van der Waals surface area contributed by atoms with Gasteiger partial charge in [0.1, 0.15) is 5.82 Å². The predicted molar refractivity (Wildman–Crippen MR) is 112 cm³/mol. The summed E-state index contributed by atoms with van der Waals surface area (Å²) >= 11 is 0. The van der Waals surface area contributed by atoms with Crippen LogP contribution in [0.5, 0.6) is 0 Å². The Hall–Kier alpha value is -3.08. The van der Waals surface area contributed by atoms with E-state index in [0.29, 0.717) is 6.54 Å². The highest BCUT2D eigenvalue weighted by Gasteiger charge is 2.29. The lowest BCUT2D eigenvalue weighted by Crippen LogP contribution is -2.18. The number of pyridine rings is 2. The number of anilines is 4. The zero-order valence-electron chi connectivity index (χ0n) is 16.0. The second-order valence-corrected chi connectivity index (χ2v) is 7.60. The molecule has 4 rings (SSSR count). The highest BCUT2D eigenvalue weighted by Crippen LogP contribution is 2.37. The predicted octanol–water partition coefficient (Wildman–Crippen LogP) is 4.56. The van der Waals surface area contributed by atoms with E-state index < -0.39 is 0 Å². The molecule has 0 saturated carbocycles. The summed E-state index contributed by atoms with van der Waals surface area (Å²) in [5.74, 6) is 0.941. The van der Waals surface area contributed by atoms with Crippen LogP contribution in [-0.4, -0.2) is 23.6 Å². The number of rotatable bonds is 5. The fourth-order valence-electron chi connectivity index (χ4n) is 3.56. The summed E-state index contributed by atoms with van der Waals surface area (Å²) in [5.41, 5.74) is 6.12. The van der Waals surface area contributed by atoms with Gasteiger partial charge in [0.05, 0.1) is 0 Å². The molecule has 0 bridgehead atoms. The maximum absolute atomic E-state index is 4.60. The Morgan fingerprint density at radius 1 is 1.11 bits per heavy atom. The molecule has 0 spiro atoms. The molecule has 0 aliphatic carbocycles. The third-order valence-corrected chi connectivity index (χ3v) is 5.19. The van der Waals surface area contributed by atoms with Gasteiger partial charge < -0.3 is 15.5 Å². The van der Waals surface area contributed by atoms with E-state index in [1.165, 1.54) is 11.3 Å². The topological polar surface area (TPSA) is 53.1 Å². The summed E-state index contributed by atoms with van der Waals surface area (Å²) in [6, 6.07) is 14.7. The molecule has 3 heterocycles. The summed E-state index contributed by atoms with van der Waals surface area (Å²) < 4.78 is 0. The molecule has 0 fully saturated rings. The van der Waals surface area contributed by atoms with Crippen molar-refractivity contribution in [2.75, 3.05) is 29.1 Å². The first-order valence-electron chi connectivity index (χ1n) is 9.24. The molecule has 5 nitrogen and oxygen atoms in total. The minimum Gasteiger partial charge on any atom is -0.384 e. The van der Waals surface area contributed by atoms with Gasteiger partial charge in [-0.25, -0.2) is 4.98 Å². The number of nitrogens with one attached hydrogen (secondary N) is 2. The summed E-state index contributed by atoms with van der Waals surface area (Å²) in [6.07, 6.45) is 5.43. The summed E-state index contributed by atoms with van der Waals surface area (Å²) in [6.45, 7) is 6.24. The summed E-state index contributed by atoms with van der Waals surface area (Å²) in [5, 5.41) is 7.06. The molecule has 2 aromatic heterocycles. The molecule has 5 heteroatoms. The Bertz CT molecular complexity index is 936. The molecule has 1 aliphatic rings. The third kappa shape index (κ3) is 3.45. The van der Waals surface area contributed by atoms with Gasteiger partial charge in [-0.3, -0.25) is 4.98 Å². The molecule has 0 saturated heterocycles. The minimum atomic E-state index is 0.192. The number of aromatic nitrogens is 2. The average molecular weight is 359 g/mol. The number of hydrogen-bond donors (Lipinski definition) is 2. The molecule has 2 N–H and O–H groups in total. The van der Waals surface area contributed by atoms with Gasteiger partial charge in [0.15, 0.2) is 0 Å². The second-order valence-electron chi connectivity index (χ2n) is 7.60. The lowest BCUT2D eigenvalue weighted by Gasteiger charge is -2.21. The van der Waals surface area contributed by atoms with Crippen molar-refractivity contribution in [1.29, 1.82) is 0 Å². The Labute approximate surface area is 160 Å². The van der Waals surface area contributed by atoms with E-state index in [1.807, 2.05) is 31.4 Å². The molecule has 0 radical (unpaired) electrons. The van der Waals surface area contributed by atoms with E-state index in [2.05, 4.69) is 63.6 Å². The maximum Gasteiger partial charge on any atom is 0.137 e. The van der Waals surface area contributed by atoms with E-state index in [9.17, 15) is 0 Å². The number of hydrogen-bond acceptors (Lipinski definition) is 5. The summed E-state index contributed by atoms with van der Waals surface area (Å²) in [4.78, 5) is 10.8. The number of fused-ring (bicyclic) bond motifs is 1. The van der Waals surface area contributed by atoms with Crippen LogP contribution in [-0.2, 0) is 12.0 Å². The van der Waals surface area contributed by atoms with Crippen LogP contribution in [0.3, 0.4) is 0 Å². The lowest BCUT2D eigenvalue weighted by molar-refractivity contribution is 0.586. The van der Waals surface area contributed by atoms with Gasteiger partial charge in [0, 0.05) is 66.8 Å². The van der Waals surface area contributed by atoms with Gasteiger partial charge in [-0.2, -0.15) is 0 Å². The number of nitrogens with zero attached hydrogens (tertiary/aromatic N) is 3. The van der Waals surface area contributed by atoms with Crippen LogP contribution in [0.2, 0.25) is 0 Å². The van der Waals surface area contributed by atoms with Crippen LogP contribution in [0.4, 0.5) is 22.9 Å². The van der Waals surface area contributed by atoms with Crippen molar-refractivity contribution in [1.82, 2.24) is 9.97 Å².